The van der Waals surface area contributed by atoms with Crippen LogP contribution in [0.3, 0.4) is 0 Å². The van der Waals surface area contributed by atoms with E-state index in [2.05, 4.69) is 15.6 Å². The summed E-state index contributed by atoms with van der Waals surface area (Å²) >= 11 is 1.35. The van der Waals surface area contributed by atoms with Crippen LogP contribution in [-0.4, -0.2) is 35.0 Å². The van der Waals surface area contributed by atoms with Gasteiger partial charge >= 0.3 is 6.03 Å². The number of aromatic nitrogens is 1. The predicted octanol–water partition coefficient (Wildman–Crippen LogP) is 2.66. The van der Waals surface area contributed by atoms with E-state index in [1.807, 2.05) is 24.3 Å². The molecule has 1 aromatic carbocycles. The van der Waals surface area contributed by atoms with Crippen LogP contribution < -0.4 is 10.6 Å². The molecule has 3 rings (SSSR count). The molecule has 8 heteroatoms. The number of thiazole rings is 1. The molecule has 7 nitrogen and oxygen atoms in total. The number of carbonyl (C=O) groups excluding carboxylic acids is 2. The number of carbonyl (C=O) groups is 2. The Kier molecular flexibility index (Phi) is 4.77. The summed E-state index contributed by atoms with van der Waals surface area (Å²) < 4.78 is 5.04. The first-order chi connectivity index (χ1) is 11.6. The summed E-state index contributed by atoms with van der Waals surface area (Å²) in [6.07, 6.45) is 1.66. The standard InChI is InChI=1S/C16H18N4O3S/c1-10-14(21)18-13-6-4-3-5-11(13)8-20(10)16(22)19-15-17-7-12(24-15)9-23-2/h3-7,10H,8-9H2,1-2H3,(H,18,21)(H,17,19,22). The van der Waals surface area contributed by atoms with Gasteiger partial charge in [-0.05, 0) is 18.6 Å². The van der Waals surface area contributed by atoms with E-state index in [0.29, 0.717) is 18.3 Å². The lowest BCUT2D eigenvalue weighted by Crippen LogP contribution is -2.45. The maximum atomic E-state index is 12.6. The zero-order chi connectivity index (χ0) is 17.1. The molecular formula is C16H18N4O3S. The van der Waals surface area contributed by atoms with E-state index in [1.165, 1.54) is 16.2 Å². The number of nitrogens with zero attached hydrogens (tertiary/aromatic N) is 2. The van der Waals surface area contributed by atoms with Crippen LogP contribution in [0.1, 0.15) is 17.4 Å². The van der Waals surface area contributed by atoms with Crippen LogP contribution in [0.25, 0.3) is 0 Å². The number of fused-ring (bicyclic) bond motifs is 1. The van der Waals surface area contributed by atoms with Gasteiger partial charge in [0, 0.05) is 19.0 Å². The molecule has 0 fully saturated rings. The van der Waals surface area contributed by atoms with Crippen molar-refractivity contribution in [2.45, 2.75) is 26.1 Å². The van der Waals surface area contributed by atoms with Crippen LogP contribution in [-0.2, 0) is 22.7 Å². The van der Waals surface area contributed by atoms with Crippen molar-refractivity contribution in [1.82, 2.24) is 9.88 Å². The predicted molar refractivity (Wildman–Crippen MR) is 91.9 cm³/mol. The van der Waals surface area contributed by atoms with Gasteiger partial charge in [-0.1, -0.05) is 29.5 Å². The lowest BCUT2D eigenvalue weighted by atomic mass is 10.2. The number of nitrogens with one attached hydrogen (secondary N) is 2. The average Bonchev–Trinajstić information content (AvgIpc) is 2.95. The molecule has 1 atom stereocenters. The second-order valence-corrected chi connectivity index (χ2v) is 6.56. The first-order valence-corrected chi connectivity index (χ1v) is 8.30. The molecule has 2 heterocycles. The molecule has 1 aromatic heterocycles. The van der Waals surface area contributed by atoms with Gasteiger partial charge in [-0.15, -0.1) is 0 Å². The monoisotopic (exact) mass is 346 g/mol. The first kappa shape index (κ1) is 16.4. The van der Waals surface area contributed by atoms with Crippen molar-refractivity contribution in [2.24, 2.45) is 0 Å². The van der Waals surface area contributed by atoms with E-state index in [4.69, 9.17) is 4.74 Å². The maximum absolute atomic E-state index is 12.6. The number of anilines is 2. The lowest BCUT2D eigenvalue weighted by Gasteiger charge is -2.25. The highest BCUT2D eigenvalue weighted by Gasteiger charge is 2.30. The molecule has 126 valence electrons. The molecule has 2 N–H and O–H groups in total. The molecule has 1 aliphatic rings. The fraction of sp³-hybridized carbons (Fsp3) is 0.312. The van der Waals surface area contributed by atoms with Gasteiger partial charge in [-0.2, -0.15) is 0 Å². The summed E-state index contributed by atoms with van der Waals surface area (Å²) in [4.78, 5) is 31.5. The highest BCUT2D eigenvalue weighted by atomic mass is 32.1. The molecule has 1 unspecified atom stereocenters. The van der Waals surface area contributed by atoms with Crippen molar-refractivity contribution in [2.75, 3.05) is 17.7 Å². The average molecular weight is 346 g/mol. The molecular weight excluding hydrogens is 328 g/mol. The Morgan fingerprint density at radius 3 is 3.08 bits per heavy atom. The summed E-state index contributed by atoms with van der Waals surface area (Å²) in [5.74, 6) is -0.214. The number of hydrogen-bond acceptors (Lipinski definition) is 5. The van der Waals surface area contributed by atoms with E-state index in [9.17, 15) is 9.59 Å². The number of para-hydroxylation sites is 1. The van der Waals surface area contributed by atoms with Crippen molar-refractivity contribution < 1.29 is 14.3 Å². The molecule has 0 radical (unpaired) electrons. The Bertz CT molecular complexity index is 761. The number of benzene rings is 1. The molecule has 0 bridgehead atoms. The lowest BCUT2D eigenvalue weighted by molar-refractivity contribution is -0.119. The number of ether oxygens (including phenoxy) is 1. The number of amides is 3. The minimum Gasteiger partial charge on any atom is -0.379 e. The summed E-state index contributed by atoms with van der Waals surface area (Å²) in [5.41, 5.74) is 1.63. The first-order valence-electron chi connectivity index (χ1n) is 7.48. The quantitative estimate of drug-likeness (QED) is 0.895. The van der Waals surface area contributed by atoms with Crippen LogP contribution in [0.4, 0.5) is 15.6 Å². The summed E-state index contributed by atoms with van der Waals surface area (Å²) in [6, 6.07) is 6.53. The van der Waals surface area contributed by atoms with Gasteiger partial charge in [-0.25, -0.2) is 9.78 Å². The summed E-state index contributed by atoms with van der Waals surface area (Å²) in [6.45, 7) is 2.50. The Balaban J connectivity index is 1.78. The molecule has 2 aromatic rings. The number of urea groups is 1. The summed E-state index contributed by atoms with van der Waals surface area (Å²) in [7, 11) is 1.60. The third-order valence-electron chi connectivity index (χ3n) is 3.78. The second kappa shape index (κ2) is 6.98. The van der Waals surface area contributed by atoms with Gasteiger partial charge in [0.2, 0.25) is 5.91 Å². The fourth-order valence-electron chi connectivity index (χ4n) is 2.46. The van der Waals surface area contributed by atoms with Crippen LogP contribution in [0.2, 0.25) is 0 Å². The largest absolute Gasteiger partial charge is 0.379 e. The van der Waals surface area contributed by atoms with Gasteiger partial charge in [0.05, 0.1) is 18.0 Å². The zero-order valence-corrected chi connectivity index (χ0v) is 14.2. The number of hydrogen-bond donors (Lipinski definition) is 2. The number of methoxy groups -OCH3 is 1. The zero-order valence-electron chi connectivity index (χ0n) is 13.4. The number of rotatable bonds is 3. The minimum absolute atomic E-state index is 0.214. The normalized spacial score (nSPS) is 17.0. The highest BCUT2D eigenvalue weighted by molar-refractivity contribution is 7.15. The van der Waals surface area contributed by atoms with E-state index < -0.39 is 6.04 Å². The SMILES string of the molecule is COCc1cnc(NC(=O)N2Cc3ccccc3NC(=O)C2C)s1. The molecule has 0 saturated carbocycles. The van der Waals surface area contributed by atoms with Gasteiger partial charge in [-0.3, -0.25) is 10.1 Å². The highest BCUT2D eigenvalue weighted by Crippen LogP contribution is 2.24. The maximum Gasteiger partial charge on any atom is 0.324 e. The smallest absolute Gasteiger partial charge is 0.324 e. The van der Waals surface area contributed by atoms with Crippen molar-refractivity contribution >= 4 is 34.1 Å². The molecule has 24 heavy (non-hydrogen) atoms. The Labute approximate surface area is 143 Å². The Hall–Kier alpha value is -2.45. The van der Waals surface area contributed by atoms with Crippen LogP contribution in [0.5, 0.6) is 0 Å². The van der Waals surface area contributed by atoms with Crippen molar-refractivity contribution in [1.29, 1.82) is 0 Å². The van der Waals surface area contributed by atoms with E-state index >= 15 is 0 Å². The van der Waals surface area contributed by atoms with Crippen LogP contribution in [0, 0.1) is 0 Å². The van der Waals surface area contributed by atoms with Crippen molar-refractivity contribution in [3.8, 4) is 0 Å². The summed E-state index contributed by atoms with van der Waals surface area (Å²) in [5, 5.41) is 6.09. The van der Waals surface area contributed by atoms with Gasteiger partial charge in [0.15, 0.2) is 5.13 Å². The molecule has 0 aliphatic carbocycles. The van der Waals surface area contributed by atoms with E-state index in [0.717, 1.165) is 16.1 Å². The minimum atomic E-state index is -0.587. The van der Waals surface area contributed by atoms with Gasteiger partial charge in [0.1, 0.15) is 6.04 Å². The van der Waals surface area contributed by atoms with Crippen LogP contribution >= 0.6 is 11.3 Å². The van der Waals surface area contributed by atoms with E-state index in [1.54, 1.807) is 20.2 Å². The Morgan fingerprint density at radius 2 is 2.29 bits per heavy atom. The molecule has 0 spiro atoms. The second-order valence-electron chi connectivity index (χ2n) is 5.45. The van der Waals surface area contributed by atoms with E-state index in [-0.39, 0.29) is 11.9 Å². The van der Waals surface area contributed by atoms with Crippen molar-refractivity contribution in [3.63, 3.8) is 0 Å². The third-order valence-corrected chi connectivity index (χ3v) is 4.66. The third kappa shape index (κ3) is 3.39. The van der Waals surface area contributed by atoms with Gasteiger partial charge < -0.3 is 15.0 Å². The van der Waals surface area contributed by atoms with Crippen LogP contribution in [0.15, 0.2) is 30.5 Å². The Morgan fingerprint density at radius 1 is 1.50 bits per heavy atom. The fourth-order valence-corrected chi connectivity index (χ4v) is 3.24. The molecule has 3 amide bonds. The van der Waals surface area contributed by atoms with Crippen molar-refractivity contribution in [3.05, 3.63) is 40.9 Å². The molecule has 1 aliphatic heterocycles. The topological polar surface area (TPSA) is 83.6 Å². The van der Waals surface area contributed by atoms with Gasteiger partial charge in [0.25, 0.3) is 0 Å². The molecule has 0 saturated heterocycles.